The topological polar surface area (TPSA) is 118 Å². The average Bonchev–Trinajstić information content (AvgIpc) is 3.64. The summed E-state index contributed by atoms with van der Waals surface area (Å²) in [4.78, 5) is 33.2. The molecule has 5 rings (SSSR count). The lowest BCUT2D eigenvalue weighted by Gasteiger charge is -2.21. The highest BCUT2D eigenvalue weighted by atomic mass is 16.2. The molecule has 3 heterocycles. The largest absolute Gasteiger partial charge is 0.326 e. The summed E-state index contributed by atoms with van der Waals surface area (Å²) >= 11 is 0. The van der Waals surface area contributed by atoms with Gasteiger partial charge in [-0.3, -0.25) is 18.8 Å². The maximum Gasteiger partial charge on any atom is 0.236 e. The molecule has 1 aliphatic carbocycles. The Bertz CT molecular complexity index is 1440. The van der Waals surface area contributed by atoms with Crippen LogP contribution in [0.2, 0.25) is 0 Å². The van der Waals surface area contributed by atoms with Gasteiger partial charge in [0, 0.05) is 36.0 Å². The van der Waals surface area contributed by atoms with E-state index in [2.05, 4.69) is 26.5 Å². The zero-order chi connectivity index (χ0) is 25.1. The average molecular weight is 482 g/mol. The number of fused-ring (bicyclic) bond motifs is 1. The highest BCUT2D eigenvalue weighted by molar-refractivity contribution is 5.97. The van der Waals surface area contributed by atoms with Crippen molar-refractivity contribution in [1.82, 2.24) is 24.3 Å². The van der Waals surface area contributed by atoms with Gasteiger partial charge in [-0.2, -0.15) is 10.4 Å². The van der Waals surface area contributed by atoms with Crippen LogP contribution >= 0.6 is 0 Å². The molecule has 1 aliphatic rings. The van der Waals surface area contributed by atoms with Crippen molar-refractivity contribution in [3.8, 4) is 17.3 Å². The number of hydrogen-bond acceptors (Lipinski definition) is 6. The van der Waals surface area contributed by atoms with Crippen molar-refractivity contribution in [1.29, 1.82) is 5.26 Å². The van der Waals surface area contributed by atoms with Gasteiger partial charge >= 0.3 is 0 Å². The number of carbonyl (C=O) groups is 2. The number of carbonyl (C=O) groups excluding carboxylic acids is 2. The number of hydrogen-bond donors (Lipinski definition) is 1. The molecule has 9 nitrogen and oxygen atoms in total. The smallest absolute Gasteiger partial charge is 0.236 e. The van der Waals surface area contributed by atoms with E-state index in [0.717, 1.165) is 29.4 Å². The highest BCUT2D eigenvalue weighted by Gasteiger charge is 2.27. The minimum Gasteiger partial charge on any atom is -0.326 e. The Kier molecular flexibility index (Phi) is 6.58. The van der Waals surface area contributed by atoms with Crippen molar-refractivity contribution in [2.45, 2.75) is 51.5 Å². The first-order chi connectivity index (χ1) is 17.5. The number of nitrogens with one attached hydrogen (secondary N) is 1. The molecule has 182 valence electrons. The number of nitriles is 1. The maximum absolute atomic E-state index is 13.1. The second-order valence-corrected chi connectivity index (χ2v) is 9.28. The van der Waals surface area contributed by atoms with E-state index in [1.165, 1.54) is 26.1 Å². The molecule has 1 atom stereocenters. The molecule has 0 radical (unpaired) electrons. The Balaban J connectivity index is 1.39. The third kappa shape index (κ3) is 4.75. The number of rotatable bonds is 7. The molecule has 1 saturated carbocycles. The van der Waals surface area contributed by atoms with Crippen LogP contribution in [0.15, 0.2) is 55.2 Å². The quantitative estimate of drug-likeness (QED) is 0.406. The summed E-state index contributed by atoms with van der Waals surface area (Å²) < 4.78 is 3.46. The van der Waals surface area contributed by atoms with Crippen LogP contribution in [0.1, 0.15) is 55.4 Å². The number of nitrogens with zero attached hydrogens (tertiary/aromatic N) is 6. The van der Waals surface area contributed by atoms with Crippen molar-refractivity contribution in [3.05, 3.63) is 60.8 Å². The van der Waals surface area contributed by atoms with E-state index in [0.29, 0.717) is 29.4 Å². The summed E-state index contributed by atoms with van der Waals surface area (Å²) in [6.45, 7) is 1.45. The monoisotopic (exact) mass is 481 g/mol. The van der Waals surface area contributed by atoms with E-state index in [1.54, 1.807) is 29.1 Å². The number of benzene rings is 1. The van der Waals surface area contributed by atoms with Crippen molar-refractivity contribution >= 4 is 28.5 Å². The molecule has 1 N–H and O–H groups in total. The van der Waals surface area contributed by atoms with Crippen molar-refractivity contribution in [2.24, 2.45) is 5.92 Å². The van der Waals surface area contributed by atoms with Gasteiger partial charge in [0.15, 0.2) is 5.65 Å². The number of anilines is 1. The molecule has 1 fully saturated rings. The predicted octanol–water partition coefficient (Wildman–Crippen LogP) is 4.78. The third-order valence-electron chi connectivity index (χ3n) is 6.84. The minimum absolute atomic E-state index is 0.0618. The summed E-state index contributed by atoms with van der Waals surface area (Å²) in [6, 6.07) is 11.4. The number of amides is 1. The molecule has 0 bridgehead atoms. The predicted molar refractivity (Wildman–Crippen MR) is 135 cm³/mol. The Morgan fingerprint density at radius 2 is 1.94 bits per heavy atom. The Hall–Kier alpha value is -4.32. The summed E-state index contributed by atoms with van der Waals surface area (Å²) in [7, 11) is 0. The van der Waals surface area contributed by atoms with Crippen molar-refractivity contribution in [3.63, 3.8) is 0 Å². The second kappa shape index (κ2) is 10.1. The van der Waals surface area contributed by atoms with Gasteiger partial charge in [0.25, 0.3) is 0 Å². The normalized spacial score (nSPS) is 14.6. The fraction of sp³-hybridized carbons (Fsp3) is 0.333. The number of aromatic nitrogens is 5. The van der Waals surface area contributed by atoms with Crippen LogP contribution in [0.5, 0.6) is 0 Å². The standard InChI is InChI=1S/C27H27N7O2/c1-18(35)32-22-8-6-19(7-9-22)14-25(36)33-13-11-23-26(29-17-30-27(23)33)21-15-31-34(16-21)24(10-12-28)20-4-2-3-5-20/h6-9,11,13,15-17,20,24H,2-5,10,14H2,1H3,(H,32,35)/t24-/m1/s1. The zero-order valence-electron chi connectivity index (χ0n) is 20.1. The lowest BCUT2D eigenvalue weighted by Crippen LogP contribution is -2.17. The van der Waals surface area contributed by atoms with E-state index >= 15 is 0 Å². The van der Waals surface area contributed by atoms with Crippen LogP contribution in [-0.4, -0.2) is 36.1 Å². The molecule has 0 aliphatic heterocycles. The second-order valence-electron chi connectivity index (χ2n) is 9.28. The van der Waals surface area contributed by atoms with Crippen LogP contribution in [0.25, 0.3) is 22.3 Å². The van der Waals surface area contributed by atoms with Gasteiger partial charge in [0.1, 0.15) is 6.33 Å². The minimum atomic E-state index is -0.141. The van der Waals surface area contributed by atoms with Gasteiger partial charge in [-0.1, -0.05) is 25.0 Å². The van der Waals surface area contributed by atoms with Crippen LogP contribution in [0.3, 0.4) is 0 Å². The molecule has 36 heavy (non-hydrogen) atoms. The molecule has 1 aromatic carbocycles. The molecule has 0 spiro atoms. The molecule has 3 aromatic heterocycles. The van der Waals surface area contributed by atoms with E-state index in [4.69, 9.17) is 0 Å². The molecular weight excluding hydrogens is 454 g/mol. The van der Waals surface area contributed by atoms with Crippen molar-refractivity contribution < 1.29 is 9.59 Å². The van der Waals surface area contributed by atoms with E-state index in [1.807, 2.05) is 29.1 Å². The Morgan fingerprint density at radius 1 is 1.17 bits per heavy atom. The molecule has 1 amide bonds. The van der Waals surface area contributed by atoms with Gasteiger partial charge in [0.05, 0.1) is 36.8 Å². The summed E-state index contributed by atoms with van der Waals surface area (Å²) in [6.07, 6.45) is 12.2. The first-order valence-electron chi connectivity index (χ1n) is 12.2. The fourth-order valence-electron chi connectivity index (χ4n) is 5.11. The van der Waals surface area contributed by atoms with Crippen molar-refractivity contribution in [2.75, 3.05) is 5.32 Å². The van der Waals surface area contributed by atoms with E-state index < -0.39 is 0 Å². The van der Waals surface area contributed by atoms with E-state index in [-0.39, 0.29) is 24.3 Å². The molecular formula is C27H27N7O2. The molecule has 0 unspecified atom stereocenters. The molecule has 4 aromatic rings. The van der Waals surface area contributed by atoms with Gasteiger partial charge in [-0.25, -0.2) is 9.97 Å². The highest BCUT2D eigenvalue weighted by Crippen LogP contribution is 2.36. The first kappa shape index (κ1) is 23.4. The van der Waals surface area contributed by atoms with Gasteiger partial charge in [-0.15, -0.1) is 0 Å². The Morgan fingerprint density at radius 3 is 2.67 bits per heavy atom. The van der Waals surface area contributed by atoms with Crippen LogP contribution in [0.4, 0.5) is 5.69 Å². The van der Waals surface area contributed by atoms with E-state index in [9.17, 15) is 14.9 Å². The Labute approximate surface area is 208 Å². The summed E-state index contributed by atoms with van der Waals surface area (Å²) in [5.41, 5.74) is 3.61. The summed E-state index contributed by atoms with van der Waals surface area (Å²) in [5, 5.41) is 17.4. The van der Waals surface area contributed by atoms with Crippen LogP contribution in [-0.2, 0) is 11.2 Å². The summed E-state index contributed by atoms with van der Waals surface area (Å²) in [5.74, 6) is 0.208. The zero-order valence-corrected chi connectivity index (χ0v) is 20.1. The van der Waals surface area contributed by atoms with Gasteiger partial charge in [-0.05, 0) is 42.5 Å². The third-order valence-corrected chi connectivity index (χ3v) is 6.84. The lowest BCUT2D eigenvalue weighted by molar-refractivity contribution is -0.114. The van der Waals surface area contributed by atoms with Crippen LogP contribution < -0.4 is 5.32 Å². The fourth-order valence-corrected chi connectivity index (χ4v) is 5.11. The van der Waals surface area contributed by atoms with Gasteiger partial charge in [0.2, 0.25) is 11.8 Å². The molecule has 9 heteroatoms. The SMILES string of the molecule is CC(=O)Nc1ccc(CC(=O)n2ccc3c(-c4cnn([C@H](CC#N)C5CCCC5)c4)ncnc32)cc1. The maximum atomic E-state index is 13.1. The molecule has 0 saturated heterocycles. The first-order valence-corrected chi connectivity index (χ1v) is 12.2. The lowest BCUT2D eigenvalue weighted by atomic mass is 9.96. The van der Waals surface area contributed by atoms with Crippen LogP contribution in [0, 0.1) is 17.2 Å². The van der Waals surface area contributed by atoms with Gasteiger partial charge < -0.3 is 5.32 Å².